The predicted octanol–water partition coefficient (Wildman–Crippen LogP) is 3.69. The van der Waals surface area contributed by atoms with Crippen LogP contribution in [0.25, 0.3) is 0 Å². The van der Waals surface area contributed by atoms with Crippen molar-refractivity contribution in [3.05, 3.63) is 40.9 Å². The standard InChI is InChI=1S/C16H19ClN4O2.ClH/c1-16(2,3)15-19-7-9(8-20-15)21-14(22)10-5-11(17)12(18)6-13(10)23-4;/h5-8H,18H2,1-4H3,(H,21,22);1H. The van der Waals surface area contributed by atoms with Crippen molar-refractivity contribution in [1.82, 2.24) is 9.97 Å². The number of aromatic nitrogens is 2. The normalized spacial score (nSPS) is 10.7. The van der Waals surface area contributed by atoms with Gasteiger partial charge in [-0.15, -0.1) is 12.4 Å². The van der Waals surface area contributed by atoms with Crippen LogP contribution in [-0.4, -0.2) is 23.0 Å². The second-order valence-corrected chi connectivity index (χ2v) is 6.48. The number of methoxy groups -OCH3 is 1. The lowest BCUT2D eigenvalue weighted by molar-refractivity contribution is 0.102. The molecule has 1 aromatic carbocycles. The molecule has 1 aromatic heterocycles. The number of nitrogens with one attached hydrogen (secondary N) is 1. The molecule has 0 unspecified atom stereocenters. The lowest BCUT2D eigenvalue weighted by Gasteiger charge is -2.16. The molecule has 0 saturated carbocycles. The van der Waals surface area contributed by atoms with Gasteiger partial charge in [-0.25, -0.2) is 9.97 Å². The number of hydrogen-bond donors (Lipinski definition) is 2. The number of rotatable bonds is 3. The molecule has 3 N–H and O–H groups in total. The number of carbonyl (C=O) groups excluding carboxylic acids is 1. The van der Waals surface area contributed by atoms with E-state index in [0.717, 1.165) is 0 Å². The van der Waals surface area contributed by atoms with Crippen LogP contribution in [0.15, 0.2) is 24.5 Å². The van der Waals surface area contributed by atoms with E-state index in [-0.39, 0.29) is 34.3 Å². The number of benzene rings is 1. The molecule has 0 spiro atoms. The van der Waals surface area contributed by atoms with Gasteiger partial charge >= 0.3 is 0 Å². The topological polar surface area (TPSA) is 90.1 Å². The lowest BCUT2D eigenvalue weighted by Crippen LogP contribution is -2.17. The van der Waals surface area contributed by atoms with E-state index in [9.17, 15) is 4.79 Å². The van der Waals surface area contributed by atoms with E-state index in [1.165, 1.54) is 19.2 Å². The molecule has 0 bridgehead atoms. The van der Waals surface area contributed by atoms with Gasteiger partial charge in [0.2, 0.25) is 0 Å². The number of nitrogen functional groups attached to an aromatic ring is 1. The van der Waals surface area contributed by atoms with E-state index in [1.54, 1.807) is 12.4 Å². The van der Waals surface area contributed by atoms with E-state index in [1.807, 2.05) is 20.8 Å². The smallest absolute Gasteiger partial charge is 0.259 e. The number of halogens is 2. The van der Waals surface area contributed by atoms with E-state index < -0.39 is 0 Å². The molecule has 0 fully saturated rings. The fourth-order valence-corrected chi connectivity index (χ4v) is 2.06. The van der Waals surface area contributed by atoms with Gasteiger partial charge in [-0.3, -0.25) is 4.79 Å². The zero-order valence-electron chi connectivity index (χ0n) is 13.9. The van der Waals surface area contributed by atoms with Gasteiger partial charge in [0.05, 0.1) is 41.5 Å². The van der Waals surface area contributed by atoms with Crippen LogP contribution in [0.5, 0.6) is 5.75 Å². The summed E-state index contributed by atoms with van der Waals surface area (Å²) in [5.74, 6) is 0.663. The third-order valence-electron chi connectivity index (χ3n) is 3.14. The number of ether oxygens (including phenoxy) is 1. The maximum atomic E-state index is 12.4. The molecule has 1 heterocycles. The van der Waals surface area contributed by atoms with E-state index >= 15 is 0 Å². The van der Waals surface area contributed by atoms with Crippen molar-refractivity contribution in [2.45, 2.75) is 26.2 Å². The monoisotopic (exact) mass is 370 g/mol. The Morgan fingerprint density at radius 1 is 1.25 bits per heavy atom. The fourth-order valence-electron chi connectivity index (χ4n) is 1.89. The first kappa shape index (κ1) is 20.0. The summed E-state index contributed by atoms with van der Waals surface area (Å²) < 4.78 is 5.17. The molecule has 24 heavy (non-hydrogen) atoms. The molecule has 2 rings (SSSR count). The summed E-state index contributed by atoms with van der Waals surface area (Å²) in [5.41, 5.74) is 6.67. The van der Waals surface area contributed by atoms with Crippen LogP contribution in [0.3, 0.4) is 0 Å². The summed E-state index contributed by atoms with van der Waals surface area (Å²) in [6.07, 6.45) is 3.13. The Kier molecular flexibility index (Phi) is 6.40. The fraction of sp³-hybridized carbons (Fsp3) is 0.312. The predicted molar refractivity (Wildman–Crippen MR) is 98.3 cm³/mol. The number of nitrogens with two attached hydrogens (primary N) is 1. The van der Waals surface area contributed by atoms with Gasteiger partial charge in [-0.1, -0.05) is 32.4 Å². The van der Waals surface area contributed by atoms with Crippen LogP contribution in [0.1, 0.15) is 37.0 Å². The number of anilines is 2. The Labute approximate surface area is 152 Å². The summed E-state index contributed by atoms with van der Waals surface area (Å²) in [6.45, 7) is 6.05. The molecule has 2 aromatic rings. The average Bonchev–Trinajstić information content (AvgIpc) is 2.49. The minimum Gasteiger partial charge on any atom is -0.496 e. The van der Waals surface area contributed by atoms with Gasteiger partial charge in [0, 0.05) is 11.5 Å². The quantitative estimate of drug-likeness (QED) is 0.803. The zero-order chi connectivity index (χ0) is 17.2. The van der Waals surface area contributed by atoms with Crippen molar-refractivity contribution in [1.29, 1.82) is 0 Å². The molecule has 8 heteroatoms. The maximum Gasteiger partial charge on any atom is 0.259 e. The maximum absolute atomic E-state index is 12.4. The first-order valence-electron chi connectivity index (χ1n) is 6.99. The molecular weight excluding hydrogens is 351 g/mol. The Bertz CT molecular complexity index is 728. The summed E-state index contributed by atoms with van der Waals surface area (Å²) in [6, 6.07) is 2.98. The van der Waals surface area contributed by atoms with Crippen molar-refractivity contribution in [2.75, 3.05) is 18.2 Å². The molecule has 130 valence electrons. The molecule has 0 saturated heterocycles. The Hall–Kier alpha value is -2.05. The van der Waals surface area contributed by atoms with Crippen molar-refractivity contribution < 1.29 is 9.53 Å². The average molecular weight is 371 g/mol. The van der Waals surface area contributed by atoms with Crippen molar-refractivity contribution >= 4 is 41.3 Å². The molecule has 6 nitrogen and oxygen atoms in total. The molecule has 0 aliphatic rings. The minimum atomic E-state index is -0.379. The Morgan fingerprint density at radius 3 is 2.33 bits per heavy atom. The van der Waals surface area contributed by atoms with Gasteiger partial charge in [-0.2, -0.15) is 0 Å². The number of hydrogen-bond acceptors (Lipinski definition) is 5. The van der Waals surface area contributed by atoms with Gasteiger partial charge in [-0.05, 0) is 6.07 Å². The summed E-state index contributed by atoms with van der Waals surface area (Å²) in [5, 5.41) is 3.00. The number of nitrogens with zero attached hydrogens (tertiary/aromatic N) is 2. The van der Waals surface area contributed by atoms with Crippen LogP contribution >= 0.6 is 24.0 Å². The SMILES string of the molecule is COc1cc(N)c(Cl)cc1C(=O)Nc1cnc(C(C)(C)C)nc1.Cl. The molecule has 0 aliphatic heterocycles. The highest BCUT2D eigenvalue weighted by atomic mass is 35.5. The zero-order valence-corrected chi connectivity index (χ0v) is 15.5. The van der Waals surface area contributed by atoms with Gasteiger partial charge in [0.15, 0.2) is 0 Å². The van der Waals surface area contributed by atoms with E-state index in [4.69, 9.17) is 22.1 Å². The van der Waals surface area contributed by atoms with Crippen LogP contribution < -0.4 is 15.8 Å². The van der Waals surface area contributed by atoms with Crippen LogP contribution in [-0.2, 0) is 5.41 Å². The number of amides is 1. The van der Waals surface area contributed by atoms with Crippen LogP contribution in [0.2, 0.25) is 5.02 Å². The van der Waals surface area contributed by atoms with Gasteiger partial charge in [0.1, 0.15) is 11.6 Å². The van der Waals surface area contributed by atoms with Crippen molar-refractivity contribution in [3.63, 3.8) is 0 Å². The number of carbonyl (C=O) groups is 1. The largest absolute Gasteiger partial charge is 0.496 e. The van der Waals surface area contributed by atoms with Crippen molar-refractivity contribution in [3.8, 4) is 5.75 Å². The Balaban J connectivity index is 0.00000288. The van der Waals surface area contributed by atoms with E-state index in [0.29, 0.717) is 22.9 Å². The first-order chi connectivity index (χ1) is 10.7. The van der Waals surface area contributed by atoms with Crippen LogP contribution in [0.4, 0.5) is 11.4 Å². The third-order valence-corrected chi connectivity index (χ3v) is 3.47. The molecule has 0 aliphatic carbocycles. The summed E-state index contributed by atoms with van der Waals surface area (Å²) >= 11 is 5.98. The molecule has 1 amide bonds. The molecular formula is C16H20Cl2N4O2. The lowest BCUT2D eigenvalue weighted by atomic mass is 9.96. The van der Waals surface area contributed by atoms with Gasteiger partial charge < -0.3 is 15.8 Å². The highest BCUT2D eigenvalue weighted by Crippen LogP contribution is 2.29. The van der Waals surface area contributed by atoms with Crippen LogP contribution in [0, 0.1) is 0 Å². The summed E-state index contributed by atoms with van der Waals surface area (Å²) in [7, 11) is 1.46. The van der Waals surface area contributed by atoms with Crippen molar-refractivity contribution in [2.24, 2.45) is 0 Å². The second kappa shape index (κ2) is 7.68. The highest BCUT2D eigenvalue weighted by molar-refractivity contribution is 6.33. The highest BCUT2D eigenvalue weighted by Gasteiger charge is 2.18. The molecule has 0 atom stereocenters. The second-order valence-electron chi connectivity index (χ2n) is 6.07. The third kappa shape index (κ3) is 4.49. The van der Waals surface area contributed by atoms with E-state index in [2.05, 4.69) is 15.3 Å². The van der Waals surface area contributed by atoms with Gasteiger partial charge in [0.25, 0.3) is 5.91 Å². The molecule has 0 radical (unpaired) electrons. The summed E-state index contributed by atoms with van der Waals surface area (Å²) in [4.78, 5) is 20.9. The Morgan fingerprint density at radius 2 is 1.83 bits per heavy atom. The minimum absolute atomic E-state index is 0. The first-order valence-corrected chi connectivity index (χ1v) is 7.37.